The van der Waals surface area contributed by atoms with Crippen molar-refractivity contribution in [2.45, 2.75) is 44.4 Å². The maximum absolute atomic E-state index is 12.4. The maximum atomic E-state index is 12.4. The van der Waals surface area contributed by atoms with E-state index in [9.17, 15) is 18.0 Å². The summed E-state index contributed by atoms with van der Waals surface area (Å²) in [5.74, 6) is -0.374. The van der Waals surface area contributed by atoms with Gasteiger partial charge in [0, 0.05) is 34.7 Å². The van der Waals surface area contributed by atoms with Crippen molar-refractivity contribution in [3.63, 3.8) is 0 Å². The van der Waals surface area contributed by atoms with Crippen molar-refractivity contribution in [2.24, 2.45) is 4.99 Å². The van der Waals surface area contributed by atoms with Gasteiger partial charge < -0.3 is 19.5 Å². The number of carboxylic acid groups (broad SMARTS) is 1. The van der Waals surface area contributed by atoms with E-state index < -0.39 is 21.7 Å². The number of hydrogen-bond acceptors (Lipinski definition) is 7. The number of halogens is 1. The summed E-state index contributed by atoms with van der Waals surface area (Å²) < 4.78 is 36.6. The third-order valence-corrected chi connectivity index (χ3v) is 8.79. The number of anilines is 1. The molecule has 1 aromatic carbocycles. The van der Waals surface area contributed by atoms with Crippen LogP contribution in [0.1, 0.15) is 33.1 Å². The Labute approximate surface area is 199 Å². The molecule has 0 bridgehead atoms. The van der Waals surface area contributed by atoms with Gasteiger partial charge in [0.25, 0.3) is 0 Å². The van der Waals surface area contributed by atoms with Gasteiger partial charge in [-0.05, 0) is 36.2 Å². The minimum absolute atomic E-state index is 0.00642. The highest BCUT2D eigenvalue weighted by atomic mass is 79.9. The highest BCUT2D eigenvalue weighted by molar-refractivity contribution is 9.10. The number of thioether (sulfide) groups is 1. The lowest BCUT2D eigenvalue weighted by Crippen LogP contribution is -2.38. The first-order valence-corrected chi connectivity index (χ1v) is 13.7. The summed E-state index contributed by atoms with van der Waals surface area (Å²) in [6.45, 7) is 4.58. The van der Waals surface area contributed by atoms with Gasteiger partial charge in [0.15, 0.2) is 26.5 Å². The lowest BCUT2D eigenvalue weighted by Gasteiger charge is -2.27. The zero-order valence-electron chi connectivity index (χ0n) is 17.7. The van der Waals surface area contributed by atoms with E-state index in [-0.39, 0.29) is 42.1 Å². The van der Waals surface area contributed by atoms with Crippen LogP contribution in [-0.2, 0) is 19.4 Å². The third-order valence-electron chi connectivity index (χ3n) is 4.94. The summed E-state index contributed by atoms with van der Waals surface area (Å²) in [5, 5.41) is 8.93. The first kappa shape index (κ1) is 24.8. The molecule has 32 heavy (non-hydrogen) atoms. The molecule has 1 amide bonds. The molecule has 2 fully saturated rings. The first-order valence-electron chi connectivity index (χ1n) is 10.2. The SMILES string of the molecule is CCOc1cc(Br)c(N2C(=NC(=O)CCCC(=O)O)S[C@H]3CS(=O)(=O)C[C@@H]32)cc1OCC. The quantitative estimate of drug-likeness (QED) is 0.495. The molecule has 1 aromatic rings. The molecule has 12 heteroatoms. The van der Waals surface area contributed by atoms with Crippen molar-refractivity contribution in [3.8, 4) is 11.5 Å². The average Bonchev–Trinajstić information content (AvgIpc) is 3.15. The molecule has 2 heterocycles. The second kappa shape index (κ2) is 10.4. The number of fused-ring (bicyclic) bond motifs is 1. The Morgan fingerprint density at radius 1 is 1.19 bits per heavy atom. The molecule has 2 saturated heterocycles. The lowest BCUT2D eigenvalue weighted by atomic mass is 10.2. The molecule has 2 aliphatic rings. The van der Waals surface area contributed by atoms with E-state index >= 15 is 0 Å². The average molecular weight is 549 g/mol. The summed E-state index contributed by atoms with van der Waals surface area (Å²) in [5.41, 5.74) is 0.631. The van der Waals surface area contributed by atoms with Gasteiger partial charge in [0.05, 0.1) is 36.4 Å². The van der Waals surface area contributed by atoms with Crippen LogP contribution in [-0.4, -0.2) is 66.6 Å². The molecule has 2 atom stereocenters. The molecule has 0 unspecified atom stereocenters. The number of carbonyl (C=O) groups excluding carboxylic acids is 1. The summed E-state index contributed by atoms with van der Waals surface area (Å²) in [6.07, 6.45) is 0.0870. The van der Waals surface area contributed by atoms with E-state index in [0.717, 1.165) is 0 Å². The Kier molecular flexibility index (Phi) is 8.10. The maximum Gasteiger partial charge on any atom is 0.303 e. The highest BCUT2D eigenvalue weighted by Crippen LogP contribution is 2.46. The number of hydrogen-bond donors (Lipinski definition) is 1. The molecular weight excluding hydrogens is 524 g/mol. The van der Waals surface area contributed by atoms with Crippen LogP contribution in [0.5, 0.6) is 11.5 Å². The zero-order chi connectivity index (χ0) is 23.5. The number of amides is 1. The molecule has 176 valence electrons. The summed E-state index contributed by atoms with van der Waals surface area (Å²) in [4.78, 5) is 29.1. The molecule has 1 N–H and O–H groups in total. The Bertz CT molecular complexity index is 1030. The molecule has 3 rings (SSSR count). The zero-order valence-corrected chi connectivity index (χ0v) is 21.0. The van der Waals surface area contributed by atoms with E-state index in [1.54, 1.807) is 17.0 Å². The van der Waals surface area contributed by atoms with Gasteiger partial charge in [-0.2, -0.15) is 4.99 Å². The van der Waals surface area contributed by atoms with E-state index in [1.165, 1.54) is 11.8 Å². The number of rotatable bonds is 9. The van der Waals surface area contributed by atoms with Crippen molar-refractivity contribution in [1.29, 1.82) is 0 Å². The summed E-state index contributed by atoms with van der Waals surface area (Å²) >= 11 is 4.81. The van der Waals surface area contributed by atoms with Crippen LogP contribution >= 0.6 is 27.7 Å². The molecular formula is C20H25BrN2O7S2. The van der Waals surface area contributed by atoms with E-state index in [1.807, 2.05) is 13.8 Å². The van der Waals surface area contributed by atoms with Gasteiger partial charge in [0.2, 0.25) is 5.91 Å². The van der Waals surface area contributed by atoms with Gasteiger partial charge >= 0.3 is 5.97 Å². The fourth-order valence-electron chi connectivity index (χ4n) is 3.65. The molecule has 0 spiro atoms. The largest absolute Gasteiger partial charge is 0.490 e. The Morgan fingerprint density at radius 2 is 1.84 bits per heavy atom. The normalized spacial score (nSPS) is 22.7. The van der Waals surface area contributed by atoms with E-state index in [0.29, 0.717) is 40.0 Å². The van der Waals surface area contributed by atoms with Gasteiger partial charge in [-0.15, -0.1) is 0 Å². The number of aliphatic carboxylic acids is 1. The van der Waals surface area contributed by atoms with Crippen molar-refractivity contribution >= 4 is 60.3 Å². The Balaban J connectivity index is 1.98. The second-order valence-corrected chi connectivity index (χ2v) is 11.5. The second-order valence-electron chi connectivity index (χ2n) is 7.32. The van der Waals surface area contributed by atoms with Crippen LogP contribution < -0.4 is 14.4 Å². The smallest absolute Gasteiger partial charge is 0.303 e. The lowest BCUT2D eigenvalue weighted by molar-refractivity contribution is -0.137. The van der Waals surface area contributed by atoms with Crippen molar-refractivity contribution in [2.75, 3.05) is 29.6 Å². The molecule has 0 radical (unpaired) electrons. The van der Waals surface area contributed by atoms with Gasteiger partial charge in [0.1, 0.15) is 0 Å². The van der Waals surface area contributed by atoms with E-state index in [4.69, 9.17) is 14.6 Å². The van der Waals surface area contributed by atoms with Crippen LogP contribution in [0.15, 0.2) is 21.6 Å². The highest BCUT2D eigenvalue weighted by Gasteiger charge is 2.50. The van der Waals surface area contributed by atoms with Crippen LogP contribution in [0.3, 0.4) is 0 Å². The minimum atomic E-state index is -3.21. The predicted octanol–water partition coefficient (Wildman–Crippen LogP) is 3.10. The third kappa shape index (κ3) is 5.76. The number of sulfone groups is 1. The first-order chi connectivity index (χ1) is 15.1. The fourth-order valence-corrected chi connectivity index (χ4v) is 8.08. The van der Waals surface area contributed by atoms with Crippen molar-refractivity contribution in [3.05, 3.63) is 16.6 Å². The number of aliphatic imine (C=N–C) groups is 1. The Morgan fingerprint density at radius 3 is 2.47 bits per heavy atom. The van der Waals surface area contributed by atoms with Crippen molar-refractivity contribution in [1.82, 2.24) is 0 Å². The number of amidine groups is 1. The Hall–Kier alpha value is -1.79. The molecule has 9 nitrogen and oxygen atoms in total. The molecule has 0 aromatic heterocycles. The number of carboxylic acids is 1. The number of ether oxygens (including phenoxy) is 2. The van der Waals surface area contributed by atoms with Crippen LogP contribution in [0.25, 0.3) is 0 Å². The van der Waals surface area contributed by atoms with Crippen LogP contribution in [0.2, 0.25) is 0 Å². The van der Waals surface area contributed by atoms with Gasteiger partial charge in [-0.1, -0.05) is 11.8 Å². The molecule has 0 saturated carbocycles. The number of benzene rings is 1. The van der Waals surface area contributed by atoms with Gasteiger partial charge in [-0.25, -0.2) is 8.42 Å². The predicted molar refractivity (Wildman–Crippen MR) is 127 cm³/mol. The van der Waals surface area contributed by atoms with E-state index in [2.05, 4.69) is 20.9 Å². The van der Waals surface area contributed by atoms with Crippen LogP contribution in [0, 0.1) is 0 Å². The standard InChI is InChI=1S/C20H25BrN2O7S2/c1-3-29-15-8-12(21)13(9-16(15)30-4-2)23-14-10-32(27,28)11-17(14)31-20(23)22-18(24)6-5-7-19(25)26/h8-9,14,17H,3-7,10-11H2,1-2H3,(H,25,26)/t14-,17-/m0/s1. The molecule has 0 aliphatic carbocycles. The monoisotopic (exact) mass is 548 g/mol. The molecule has 2 aliphatic heterocycles. The summed E-state index contributed by atoms with van der Waals surface area (Å²) in [6, 6.07) is 3.15. The number of carbonyl (C=O) groups is 2. The topological polar surface area (TPSA) is 123 Å². The van der Waals surface area contributed by atoms with Gasteiger partial charge in [-0.3, -0.25) is 9.59 Å². The minimum Gasteiger partial charge on any atom is -0.490 e. The fraction of sp³-hybridized carbons (Fsp3) is 0.550. The van der Waals surface area contributed by atoms with Crippen LogP contribution in [0.4, 0.5) is 5.69 Å². The number of nitrogens with zero attached hydrogens (tertiary/aromatic N) is 2. The van der Waals surface area contributed by atoms with Crippen molar-refractivity contribution < 1.29 is 32.6 Å². The summed E-state index contributed by atoms with van der Waals surface area (Å²) in [7, 11) is -3.21.